The summed E-state index contributed by atoms with van der Waals surface area (Å²) in [5.41, 5.74) is 2.64. The van der Waals surface area contributed by atoms with Crippen molar-refractivity contribution in [3.05, 3.63) is 131 Å². The number of carbonyl (C=O) groups is 1. The zero-order chi connectivity index (χ0) is 24.0. The molecule has 0 bridgehead atoms. The van der Waals surface area contributed by atoms with Crippen LogP contribution in [0.1, 0.15) is 21.5 Å². The van der Waals surface area contributed by atoms with E-state index in [1.165, 1.54) is 0 Å². The Bertz CT molecular complexity index is 1270. The summed E-state index contributed by atoms with van der Waals surface area (Å²) in [4.78, 5) is 23.8. The molecule has 0 saturated carbocycles. The third-order valence-corrected chi connectivity index (χ3v) is 7.20. The Kier molecular flexibility index (Phi) is 7.64. The van der Waals surface area contributed by atoms with E-state index in [1.54, 1.807) is 54.6 Å². The van der Waals surface area contributed by atoms with Crippen molar-refractivity contribution in [1.29, 1.82) is 0 Å². The van der Waals surface area contributed by atoms with Gasteiger partial charge in [-0.15, -0.1) is 0 Å². The Morgan fingerprint density at radius 3 is 1.88 bits per heavy atom. The summed E-state index contributed by atoms with van der Waals surface area (Å²) in [7, 11) is -4.02. The Morgan fingerprint density at radius 1 is 0.765 bits per heavy atom. The quantitative estimate of drug-likeness (QED) is 0.214. The average Bonchev–Trinajstić information content (AvgIpc) is 2.86. The fourth-order valence-corrected chi connectivity index (χ4v) is 4.98. The lowest BCUT2D eigenvalue weighted by molar-refractivity contribution is 0.0918. The number of halogens is 1. The first-order valence-corrected chi connectivity index (χ1v) is 12.9. The van der Waals surface area contributed by atoms with Crippen molar-refractivity contribution in [3.8, 4) is 5.75 Å². The Labute approximate surface area is 204 Å². The number of benzene rings is 4. The number of Topliss-reactive ketones (excluding diaryl/α,β-unsaturated/α-hetero) is 1. The second kappa shape index (κ2) is 10.8. The monoisotopic (exact) mass is 490 g/mol. The van der Waals surface area contributed by atoms with Gasteiger partial charge in [-0.2, -0.15) is 0 Å². The van der Waals surface area contributed by atoms with Crippen LogP contribution in [0.2, 0.25) is 5.02 Å². The molecule has 0 aliphatic carbocycles. The van der Waals surface area contributed by atoms with E-state index in [0.717, 1.165) is 11.1 Å². The van der Waals surface area contributed by atoms with Gasteiger partial charge in [0.15, 0.2) is 5.78 Å². The molecule has 4 aromatic rings. The van der Waals surface area contributed by atoms with E-state index in [0.29, 0.717) is 23.4 Å². The third-order valence-electron chi connectivity index (χ3n) is 5.54. The minimum atomic E-state index is -4.02. The number of rotatable bonds is 9. The van der Waals surface area contributed by atoms with E-state index in [1.807, 2.05) is 54.6 Å². The van der Waals surface area contributed by atoms with Gasteiger partial charge < -0.3 is 9.42 Å². The van der Waals surface area contributed by atoms with Crippen LogP contribution in [0, 0.1) is 5.92 Å². The lowest BCUT2D eigenvalue weighted by Crippen LogP contribution is -2.20. The fourth-order valence-electron chi connectivity index (χ4n) is 3.79. The van der Waals surface area contributed by atoms with Gasteiger partial charge in [0.1, 0.15) is 5.75 Å². The van der Waals surface area contributed by atoms with Crippen molar-refractivity contribution in [2.75, 3.05) is 0 Å². The van der Waals surface area contributed by atoms with Gasteiger partial charge in [-0.1, -0.05) is 72.3 Å². The van der Waals surface area contributed by atoms with Gasteiger partial charge in [-0.3, -0.25) is 4.79 Å². The minimum Gasteiger partial charge on any atom is -0.421 e. The summed E-state index contributed by atoms with van der Waals surface area (Å²) in [6.45, 7) is 0. The normalized spacial score (nSPS) is 13.6. The SMILES string of the molecule is O=C(c1ccc(OP(=O)(O)c2ccccc2)cc1)C(Cc1ccccc1)Cc1ccc(Cl)cc1. The van der Waals surface area contributed by atoms with Crippen molar-refractivity contribution in [3.63, 3.8) is 0 Å². The van der Waals surface area contributed by atoms with Gasteiger partial charge in [0.2, 0.25) is 0 Å². The molecule has 2 unspecified atom stereocenters. The van der Waals surface area contributed by atoms with E-state index in [2.05, 4.69) is 0 Å². The van der Waals surface area contributed by atoms with Gasteiger partial charge in [-0.05, 0) is 72.5 Å². The fraction of sp³-hybridized carbons (Fsp3) is 0.107. The highest BCUT2D eigenvalue weighted by Gasteiger charge is 2.25. The molecule has 0 amide bonds. The van der Waals surface area contributed by atoms with E-state index < -0.39 is 7.60 Å². The highest BCUT2D eigenvalue weighted by atomic mass is 35.5. The number of ketones is 1. The predicted molar refractivity (Wildman–Crippen MR) is 136 cm³/mol. The van der Waals surface area contributed by atoms with Crippen molar-refractivity contribution >= 4 is 30.3 Å². The molecule has 0 aliphatic rings. The highest BCUT2D eigenvalue weighted by molar-refractivity contribution is 7.61. The molecule has 0 saturated heterocycles. The van der Waals surface area contributed by atoms with Gasteiger partial charge in [0, 0.05) is 16.5 Å². The molecule has 0 radical (unpaired) electrons. The average molecular weight is 491 g/mol. The molecular formula is C28H24ClO4P. The van der Waals surface area contributed by atoms with E-state index in [-0.39, 0.29) is 22.8 Å². The molecule has 0 aliphatic heterocycles. The minimum absolute atomic E-state index is 0.000550. The molecule has 1 N–H and O–H groups in total. The van der Waals surface area contributed by atoms with Crippen LogP contribution < -0.4 is 9.83 Å². The lowest BCUT2D eigenvalue weighted by Gasteiger charge is -2.17. The molecule has 34 heavy (non-hydrogen) atoms. The summed E-state index contributed by atoms with van der Waals surface area (Å²) >= 11 is 6.02. The molecule has 0 spiro atoms. The molecule has 0 fully saturated rings. The highest BCUT2D eigenvalue weighted by Crippen LogP contribution is 2.41. The summed E-state index contributed by atoms with van der Waals surface area (Å²) < 4.78 is 18.0. The number of carbonyl (C=O) groups excluding carboxylic acids is 1. The van der Waals surface area contributed by atoms with Gasteiger partial charge in [0.05, 0.1) is 5.30 Å². The molecule has 4 nitrogen and oxygen atoms in total. The van der Waals surface area contributed by atoms with Crippen LogP contribution in [0.5, 0.6) is 5.75 Å². The van der Waals surface area contributed by atoms with Gasteiger partial charge >= 0.3 is 7.60 Å². The first kappa shape index (κ1) is 24.0. The molecule has 0 heterocycles. The maximum Gasteiger partial charge on any atom is 0.408 e. The molecule has 172 valence electrons. The maximum atomic E-state index is 13.5. The Morgan fingerprint density at radius 2 is 1.29 bits per heavy atom. The summed E-state index contributed by atoms with van der Waals surface area (Å²) in [6.07, 6.45) is 1.17. The van der Waals surface area contributed by atoms with Crippen molar-refractivity contribution in [1.82, 2.24) is 0 Å². The van der Waals surface area contributed by atoms with Crippen LogP contribution in [0.4, 0.5) is 0 Å². The largest absolute Gasteiger partial charge is 0.421 e. The Balaban J connectivity index is 1.53. The van der Waals surface area contributed by atoms with Gasteiger partial charge in [0.25, 0.3) is 0 Å². The van der Waals surface area contributed by atoms with Crippen LogP contribution in [-0.4, -0.2) is 10.7 Å². The Hall–Kier alpha value is -3.17. The molecule has 6 heteroatoms. The summed E-state index contributed by atoms with van der Waals surface area (Å²) in [5.74, 6) is -0.0484. The van der Waals surface area contributed by atoms with Crippen LogP contribution in [-0.2, 0) is 17.4 Å². The summed E-state index contributed by atoms with van der Waals surface area (Å²) in [6, 6.07) is 32.0. The molecule has 4 aromatic carbocycles. The second-order valence-electron chi connectivity index (χ2n) is 8.05. The van der Waals surface area contributed by atoms with Crippen LogP contribution in [0.25, 0.3) is 0 Å². The van der Waals surface area contributed by atoms with E-state index >= 15 is 0 Å². The summed E-state index contributed by atoms with van der Waals surface area (Å²) in [5, 5.41) is 0.864. The number of hydrogen-bond donors (Lipinski definition) is 1. The second-order valence-corrected chi connectivity index (χ2v) is 10.2. The lowest BCUT2D eigenvalue weighted by atomic mass is 9.86. The molecule has 0 aromatic heterocycles. The van der Waals surface area contributed by atoms with E-state index in [4.69, 9.17) is 16.1 Å². The van der Waals surface area contributed by atoms with Gasteiger partial charge in [-0.25, -0.2) is 4.57 Å². The van der Waals surface area contributed by atoms with Crippen molar-refractivity contribution in [2.45, 2.75) is 12.8 Å². The van der Waals surface area contributed by atoms with E-state index in [9.17, 15) is 14.3 Å². The molecule has 2 atom stereocenters. The van der Waals surface area contributed by atoms with Crippen LogP contribution in [0.15, 0.2) is 109 Å². The van der Waals surface area contributed by atoms with Crippen LogP contribution >= 0.6 is 19.2 Å². The number of hydrogen-bond acceptors (Lipinski definition) is 3. The third kappa shape index (κ3) is 6.24. The maximum absolute atomic E-state index is 13.5. The standard InChI is InChI=1S/C28H24ClO4P/c29-25-15-11-22(12-16-25)20-24(19-21-7-3-1-4-8-21)28(30)23-13-17-26(18-14-23)33-34(31,32)27-9-5-2-6-10-27/h1-18,24H,19-20H2,(H,31,32). The first-order valence-electron chi connectivity index (χ1n) is 10.9. The van der Waals surface area contributed by atoms with Crippen LogP contribution in [0.3, 0.4) is 0 Å². The zero-order valence-electron chi connectivity index (χ0n) is 18.4. The predicted octanol–water partition coefficient (Wildman–Crippen LogP) is 6.51. The van der Waals surface area contributed by atoms with Crippen molar-refractivity contribution in [2.24, 2.45) is 5.92 Å². The molecule has 4 rings (SSSR count). The zero-order valence-corrected chi connectivity index (χ0v) is 20.0. The topological polar surface area (TPSA) is 63.6 Å². The first-order chi connectivity index (χ1) is 16.4. The smallest absolute Gasteiger partial charge is 0.408 e. The van der Waals surface area contributed by atoms with Crippen molar-refractivity contribution < 1.29 is 18.8 Å². The molecular weight excluding hydrogens is 467 g/mol.